The summed E-state index contributed by atoms with van der Waals surface area (Å²) in [5.74, 6) is 1.20. The SMILES string of the molecule is CSCCCCNC(N)=NCc1ccc(OC(F)(F)F)cc1. The van der Waals surface area contributed by atoms with E-state index in [4.69, 9.17) is 5.73 Å². The Labute approximate surface area is 132 Å². The van der Waals surface area contributed by atoms with Gasteiger partial charge in [-0.25, -0.2) is 4.99 Å². The Morgan fingerprint density at radius 3 is 2.55 bits per heavy atom. The van der Waals surface area contributed by atoms with E-state index in [1.807, 2.05) is 0 Å². The number of ether oxygens (including phenoxy) is 1. The van der Waals surface area contributed by atoms with Crippen molar-refractivity contribution in [1.82, 2.24) is 5.32 Å². The second-order valence-corrected chi connectivity index (χ2v) is 5.51. The van der Waals surface area contributed by atoms with Crippen molar-refractivity contribution in [2.24, 2.45) is 10.7 Å². The van der Waals surface area contributed by atoms with Crippen molar-refractivity contribution in [3.05, 3.63) is 29.8 Å². The number of halogens is 3. The molecule has 0 amide bonds. The van der Waals surface area contributed by atoms with Gasteiger partial charge in [0.15, 0.2) is 5.96 Å². The first kappa shape index (κ1) is 18.5. The lowest BCUT2D eigenvalue weighted by Crippen LogP contribution is -2.32. The highest BCUT2D eigenvalue weighted by Crippen LogP contribution is 2.22. The van der Waals surface area contributed by atoms with Gasteiger partial charge in [0.05, 0.1) is 6.54 Å². The highest BCUT2D eigenvalue weighted by atomic mass is 32.2. The number of unbranched alkanes of at least 4 members (excludes halogenated alkanes) is 1. The predicted molar refractivity (Wildman–Crippen MR) is 84.1 cm³/mol. The minimum absolute atomic E-state index is 0.250. The molecule has 0 bridgehead atoms. The molecule has 0 saturated carbocycles. The molecule has 0 aliphatic rings. The van der Waals surface area contributed by atoms with Crippen LogP contribution in [0.3, 0.4) is 0 Å². The second-order valence-electron chi connectivity index (χ2n) is 4.52. The van der Waals surface area contributed by atoms with Crippen molar-refractivity contribution in [1.29, 1.82) is 0 Å². The largest absolute Gasteiger partial charge is 0.573 e. The number of hydrogen-bond donors (Lipinski definition) is 2. The third-order valence-corrected chi connectivity index (χ3v) is 3.37. The van der Waals surface area contributed by atoms with Gasteiger partial charge in [-0.05, 0) is 42.5 Å². The number of aliphatic imine (C=N–C) groups is 1. The maximum atomic E-state index is 12.0. The molecule has 1 rings (SSSR count). The number of alkyl halides is 3. The molecule has 4 nitrogen and oxygen atoms in total. The smallest absolute Gasteiger partial charge is 0.406 e. The maximum absolute atomic E-state index is 12.0. The quantitative estimate of drug-likeness (QED) is 0.435. The van der Waals surface area contributed by atoms with Crippen LogP contribution in [-0.4, -0.2) is 30.9 Å². The van der Waals surface area contributed by atoms with Crippen LogP contribution in [-0.2, 0) is 6.54 Å². The molecular weight excluding hydrogens is 315 g/mol. The summed E-state index contributed by atoms with van der Waals surface area (Å²) in [4.78, 5) is 4.13. The summed E-state index contributed by atoms with van der Waals surface area (Å²) in [5, 5.41) is 3.00. The van der Waals surface area contributed by atoms with E-state index in [0.29, 0.717) is 12.5 Å². The molecule has 0 aromatic heterocycles. The Kier molecular flexibility index (Phi) is 7.94. The first-order chi connectivity index (χ1) is 10.4. The lowest BCUT2D eigenvalue weighted by atomic mass is 10.2. The van der Waals surface area contributed by atoms with E-state index in [1.165, 1.54) is 24.3 Å². The van der Waals surface area contributed by atoms with Gasteiger partial charge in [-0.3, -0.25) is 0 Å². The van der Waals surface area contributed by atoms with Crippen LogP contribution >= 0.6 is 11.8 Å². The van der Waals surface area contributed by atoms with Crippen LogP contribution in [0, 0.1) is 0 Å². The minimum atomic E-state index is -4.68. The average molecular weight is 335 g/mol. The zero-order valence-corrected chi connectivity index (χ0v) is 13.1. The summed E-state index contributed by atoms with van der Waals surface area (Å²) < 4.78 is 39.9. The van der Waals surface area contributed by atoms with E-state index in [1.54, 1.807) is 11.8 Å². The lowest BCUT2D eigenvalue weighted by Gasteiger charge is -2.09. The van der Waals surface area contributed by atoms with Crippen LogP contribution in [0.25, 0.3) is 0 Å². The van der Waals surface area contributed by atoms with Gasteiger partial charge >= 0.3 is 6.36 Å². The van der Waals surface area contributed by atoms with Crippen molar-refractivity contribution >= 4 is 17.7 Å². The number of hydrogen-bond acceptors (Lipinski definition) is 3. The van der Waals surface area contributed by atoms with Crippen LogP contribution in [0.5, 0.6) is 5.75 Å². The lowest BCUT2D eigenvalue weighted by molar-refractivity contribution is -0.274. The first-order valence-electron chi connectivity index (χ1n) is 6.78. The molecule has 1 aromatic rings. The molecule has 0 unspecified atom stereocenters. The van der Waals surface area contributed by atoms with Gasteiger partial charge in [0.1, 0.15) is 5.75 Å². The third-order valence-electron chi connectivity index (χ3n) is 2.67. The Hall–Kier alpha value is -1.57. The van der Waals surface area contributed by atoms with Crippen LogP contribution in [0.2, 0.25) is 0 Å². The molecule has 0 aliphatic carbocycles. The van der Waals surface area contributed by atoms with Crippen molar-refractivity contribution in [3.8, 4) is 5.75 Å². The van der Waals surface area contributed by atoms with Crippen molar-refractivity contribution in [2.45, 2.75) is 25.7 Å². The van der Waals surface area contributed by atoms with Crippen LogP contribution < -0.4 is 15.8 Å². The molecule has 8 heteroatoms. The Morgan fingerprint density at radius 1 is 1.27 bits per heavy atom. The summed E-state index contributed by atoms with van der Waals surface area (Å²) in [5.41, 5.74) is 6.46. The number of rotatable bonds is 8. The van der Waals surface area contributed by atoms with Crippen LogP contribution in [0.15, 0.2) is 29.3 Å². The molecule has 0 saturated heterocycles. The Morgan fingerprint density at radius 2 is 1.95 bits per heavy atom. The number of thioether (sulfide) groups is 1. The third kappa shape index (κ3) is 8.66. The number of guanidine groups is 1. The highest BCUT2D eigenvalue weighted by Gasteiger charge is 2.30. The van der Waals surface area contributed by atoms with E-state index < -0.39 is 6.36 Å². The fourth-order valence-corrected chi connectivity index (χ4v) is 2.11. The standard InChI is InChI=1S/C14H20F3N3OS/c1-22-9-3-2-8-19-13(18)20-10-11-4-6-12(7-5-11)21-14(15,16)17/h4-7H,2-3,8-10H2,1H3,(H3,18,19,20). The number of benzene rings is 1. The fraction of sp³-hybridized carbons (Fsp3) is 0.500. The molecular formula is C14H20F3N3OS. The molecule has 0 aliphatic heterocycles. The van der Waals surface area contributed by atoms with Crippen molar-refractivity contribution in [2.75, 3.05) is 18.6 Å². The van der Waals surface area contributed by atoms with Gasteiger partial charge in [0, 0.05) is 6.54 Å². The highest BCUT2D eigenvalue weighted by molar-refractivity contribution is 7.98. The molecule has 0 radical (unpaired) electrons. The maximum Gasteiger partial charge on any atom is 0.573 e. The summed E-state index contributed by atoms with van der Waals surface area (Å²) >= 11 is 1.80. The summed E-state index contributed by atoms with van der Waals surface area (Å²) in [6, 6.07) is 5.56. The van der Waals surface area contributed by atoms with Gasteiger partial charge in [-0.1, -0.05) is 12.1 Å². The molecule has 124 valence electrons. The minimum Gasteiger partial charge on any atom is -0.406 e. The van der Waals surface area contributed by atoms with E-state index in [9.17, 15) is 13.2 Å². The molecule has 3 N–H and O–H groups in total. The van der Waals surface area contributed by atoms with E-state index in [2.05, 4.69) is 21.3 Å². The number of nitrogens with zero attached hydrogens (tertiary/aromatic N) is 1. The zero-order chi connectivity index (χ0) is 16.4. The fourth-order valence-electron chi connectivity index (χ4n) is 1.62. The average Bonchev–Trinajstić information content (AvgIpc) is 2.45. The van der Waals surface area contributed by atoms with Crippen molar-refractivity contribution < 1.29 is 17.9 Å². The van der Waals surface area contributed by atoms with Crippen molar-refractivity contribution in [3.63, 3.8) is 0 Å². The molecule has 1 aromatic carbocycles. The molecule has 0 spiro atoms. The molecule has 22 heavy (non-hydrogen) atoms. The topological polar surface area (TPSA) is 59.6 Å². The molecule has 0 atom stereocenters. The normalized spacial score (nSPS) is 12.3. The summed E-state index contributed by atoms with van der Waals surface area (Å²) in [6.45, 7) is 1.06. The molecule has 0 fully saturated rings. The van der Waals surface area contributed by atoms with Crippen LogP contribution in [0.4, 0.5) is 13.2 Å². The van der Waals surface area contributed by atoms with Gasteiger partial charge in [0.2, 0.25) is 0 Å². The first-order valence-corrected chi connectivity index (χ1v) is 8.17. The van der Waals surface area contributed by atoms with E-state index in [-0.39, 0.29) is 5.75 Å². The zero-order valence-electron chi connectivity index (χ0n) is 12.3. The summed E-state index contributed by atoms with van der Waals surface area (Å²) in [6.07, 6.45) is -0.485. The van der Waals surface area contributed by atoms with Gasteiger partial charge < -0.3 is 15.8 Å². The van der Waals surface area contributed by atoms with Gasteiger partial charge in [-0.2, -0.15) is 11.8 Å². The second kappa shape index (κ2) is 9.45. The Balaban J connectivity index is 2.35. The predicted octanol–water partition coefficient (Wildman–Crippen LogP) is 3.13. The number of nitrogens with one attached hydrogen (secondary N) is 1. The van der Waals surface area contributed by atoms with Crippen LogP contribution in [0.1, 0.15) is 18.4 Å². The Bertz CT molecular complexity index is 463. The van der Waals surface area contributed by atoms with E-state index >= 15 is 0 Å². The monoisotopic (exact) mass is 335 g/mol. The number of nitrogens with two attached hydrogens (primary N) is 1. The van der Waals surface area contributed by atoms with Gasteiger partial charge in [0.25, 0.3) is 0 Å². The van der Waals surface area contributed by atoms with Gasteiger partial charge in [-0.15, -0.1) is 13.2 Å². The summed E-state index contributed by atoms with van der Waals surface area (Å²) in [7, 11) is 0. The molecule has 0 heterocycles. The van der Waals surface area contributed by atoms with E-state index in [0.717, 1.165) is 30.7 Å².